The molecule has 2 unspecified atom stereocenters. The molecule has 2 heterocycles. The highest BCUT2D eigenvalue weighted by Gasteiger charge is 2.51. The fraction of sp³-hybridized carbons (Fsp3) is 0.517. The Morgan fingerprint density at radius 3 is 2.19 bits per heavy atom. The molecule has 2 fully saturated rings. The van der Waals surface area contributed by atoms with Crippen molar-refractivity contribution < 1.29 is 1.37 Å². The second-order valence-electron chi connectivity index (χ2n) is 10.2. The topological polar surface area (TPSA) is 6.48 Å². The zero-order valence-electron chi connectivity index (χ0n) is 20.1. The largest absolute Gasteiger partial charge is 0.341 e. The average Bonchev–Trinajstić information content (AvgIpc) is 3.52. The number of allylic oxidation sites excluding steroid dienone is 1. The van der Waals surface area contributed by atoms with E-state index in [4.69, 9.17) is 0 Å². The maximum atomic E-state index is 10.2. The van der Waals surface area contributed by atoms with Gasteiger partial charge in [0.05, 0.1) is 13.1 Å². The van der Waals surface area contributed by atoms with E-state index >= 15 is 0 Å². The zero-order chi connectivity index (χ0) is 21.9. The average molecular weight is 414 g/mol. The summed E-state index contributed by atoms with van der Waals surface area (Å²) in [6.07, 6.45) is 11.7. The molecule has 2 saturated carbocycles. The summed E-state index contributed by atoms with van der Waals surface area (Å²) in [6, 6.07) is 17.1. The molecule has 0 spiro atoms. The highest BCUT2D eigenvalue weighted by molar-refractivity contribution is 5.82. The normalized spacial score (nSPS) is 29.5. The molecule has 0 radical (unpaired) electrons. The van der Waals surface area contributed by atoms with Crippen molar-refractivity contribution in [3.8, 4) is 0 Å². The molecule has 2 heteroatoms. The van der Waals surface area contributed by atoms with Gasteiger partial charge in [0, 0.05) is 16.9 Å². The van der Waals surface area contributed by atoms with Crippen molar-refractivity contribution in [3.05, 3.63) is 70.9 Å². The lowest BCUT2D eigenvalue weighted by Gasteiger charge is -2.44. The Morgan fingerprint density at radius 1 is 0.774 bits per heavy atom. The fourth-order valence-corrected chi connectivity index (χ4v) is 6.99. The van der Waals surface area contributed by atoms with Gasteiger partial charge in [-0.25, -0.2) is 0 Å². The van der Waals surface area contributed by atoms with E-state index in [1.807, 2.05) is 0 Å². The Kier molecular flexibility index (Phi) is 4.58. The van der Waals surface area contributed by atoms with Crippen LogP contribution >= 0.6 is 0 Å². The summed E-state index contributed by atoms with van der Waals surface area (Å²) in [5.41, 5.74) is 7.90. The van der Waals surface area contributed by atoms with Crippen molar-refractivity contribution >= 4 is 11.4 Å². The maximum Gasteiger partial charge on any atom is 0.110 e. The minimum absolute atomic E-state index is 0.247. The molecule has 31 heavy (non-hydrogen) atoms. The molecule has 0 bridgehead atoms. The van der Waals surface area contributed by atoms with Crippen molar-refractivity contribution in [2.24, 2.45) is 11.8 Å². The van der Waals surface area contributed by atoms with Crippen molar-refractivity contribution in [3.63, 3.8) is 0 Å². The number of nitrogens with zero attached hydrogens (tertiary/aromatic N) is 2. The van der Waals surface area contributed by atoms with Crippen LogP contribution in [0.4, 0.5) is 5.69 Å². The monoisotopic (exact) mass is 413 g/mol. The van der Waals surface area contributed by atoms with Gasteiger partial charge in [0.15, 0.2) is 0 Å². The van der Waals surface area contributed by atoms with Gasteiger partial charge >= 0.3 is 0 Å². The van der Waals surface area contributed by atoms with Crippen molar-refractivity contribution in [2.75, 3.05) is 4.90 Å². The SMILES string of the molecule is [2H]C1(C2CCCC2)c2ccccc2C2=C(C)N(c3ccccc3C)C(C3CCCCC3)N21. The molecule has 162 valence electrons. The van der Waals surface area contributed by atoms with Gasteiger partial charge in [-0.3, -0.25) is 0 Å². The lowest BCUT2D eigenvalue weighted by Crippen LogP contribution is -2.48. The summed E-state index contributed by atoms with van der Waals surface area (Å²) in [4.78, 5) is 5.25. The minimum Gasteiger partial charge on any atom is -0.341 e. The first-order chi connectivity index (χ1) is 15.6. The molecule has 2 aliphatic heterocycles. The third-order valence-electron chi connectivity index (χ3n) is 8.38. The number of aryl methyl sites for hydroxylation is 1. The van der Waals surface area contributed by atoms with Crippen molar-refractivity contribution in [1.29, 1.82) is 0 Å². The van der Waals surface area contributed by atoms with Crippen molar-refractivity contribution in [2.45, 2.75) is 83.8 Å². The summed E-state index contributed by atoms with van der Waals surface area (Å²) in [5, 5.41) is 0. The van der Waals surface area contributed by atoms with Gasteiger partial charge in [-0.1, -0.05) is 74.6 Å². The highest BCUT2D eigenvalue weighted by atomic mass is 15.4. The molecule has 0 N–H and O–H groups in total. The third-order valence-corrected chi connectivity index (χ3v) is 8.38. The van der Waals surface area contributed by atoms with E-state index in [0.29, 0.717) is 11.8 Å². The van der Waals surface area contributed by atoms with Crippen LogP contribution in [0.1, 0.15) is 88.8 Å². The van der Waals surface area contributed by atoms with Crippen LogP contribution in [0, 0.1) is 18.8 Å². The molecule has 0 saturated heterocycles. The summed E-state index contributed by atoms with van der Waals surface area (Å²) in [7, 11) is 0. The Morgan fingerprint density at radius 2 is 1.42 bits per heavy atom. The van der Waals surface area contributed by atoms with E-state index in [1.54, 1.807) is 0 Å². The Balaban J connectivity index is 1.58. The van der Waals surface area contributed by atoms with Crippen LogP contribution in [0.3, 0.4) is 0 Å². The molecule has 2 aromatic carbocycles. The lowest BCUT2D eigenvalue weighted by molar-refractivity contribution is 0.124. The first-order valence-corrected chi connectivity index (χ1v) is 12.6. The van der Waals surface area contributed by atoms with E-state index in [9.17, 15) is 1.37 Å². The smallest absolute Gasteiger partial charge is 0.110 e. The van der Waals surface area contributed by atoms with E-state index < -0.39 is 6.02 Å². The van der Waals surface area contributed by atoms with E-state index in [2.05, 4.69) is 72.2 Å². The standard InChI is InChI=1S/C29H36N2/c1-20-12-6-11-19-26(20)30-21(2)27-24-17-9-10-18-25(24)28(22-13-7-8-14-22)31(27)29(30)23-15-4-3-5-16-23/h6,9-12,17-19,22-23,28-29H,3-5,7-8,13-16H2,1-2H3/i28D. The number of fused-ring (bicyclic) bond motifs is 3. The van der Waals surface area contributed by atoms with Gasteiger partial charge in [0.25, 0.3) is 0 Å². The minimum atomic E-state index is -0.650. The van der Waals surface area contributed by atoms with Crippen LogP contribution in [-0.4, -0.2) is 11.1 Å². The Bertz CT molecular complexity index is 1050. The fourth-order valence-electron chi connectivity index (χ4n) is 6.99. The lowest BCUT2D eigenvalue weighted by atomic mass is 9.84. The zero-order valence-corrected chi connectivity index (χ0v) is 19.1. The van der Waals surface area contributed by atoms with Crippen LogP contribution in [0.5, 0.6) is 0 Å². The molecular formula is C29H36N2. The molecule has 2 atom stereocenters. The molecular weight excluding hydrogens is 376 g/mol. The summed E-state index contributed by atoms with van der Waals surface area (Å²) < 4.78 is 10.2. The first-order valence-electron chi connectivity index (χ1n) is 13.1. The number of rotatable bonds is 3. The Labute approximate surface area is 189 Å². The van der Waals surface area contributed by atoms with Crippen molar-refractivity contribution in [1.82, 2.24) is 4.90 Å². The molecule has 4 aliphatic rings. The van der Waals surface area contributed by atoms with Gasteiger partial charge in [0.2, 0.25) is 0 Å². The summed E-state index contributed by atoms with van der Waals surface area (Å²) in [5.74, 6) is 1.02. The molecule has 2 aromatic rings. The Hall–Kier alpha value is -2.22. The predicted octanol–water partition coefficient (Wildman–Crippen LogP) is 7.66. The van der Waals surface area contributed by atoms with E-state index in [1.165, 1.54) is 91.6 Å². The summed E-state index contributed by atoms with van der Waals surface area (Å²) in [6.45, 7) is 4.56. The molecule has 2 aliphatic carbocycles. The number of para-hydroxylation sites is 1. The van der Waals surface area contributed by atoms with Crippen LogP contribution in [0.15, 0.2) is 54.2 Å². The molecule has 2 nitrogen and oxygen atoms in total. The number of anilines is 1. The van der Waals surface area contributed by atoms with Crippen LogP contribution in [0.2, 0.25) is 0 Å². The maximum absolute atomic E-state index is 10.2. The highest BCUT2D eigenvalue weighted by Crippen LogP contribution is 2.57. The second kappa shape index (κ2) is 7.73. The number of benzene rings is 2. The quantitative estimate of drug-likeness (QED) is 0.509. The van der Waals surface area contributed by atoms with Gasteiger partial charge in [-0.15, -0.1) is 0 Å². The second-order valence-corrected chi connectivity index (χ2v) is 10.2. The summed E-state index contributed by atoms with van der Waals surface area (Å²) >= 11 is 0. The van der Waals surface area contributed by atoms with Gasteiger partial charge in [-0.05, 0) is 68.6 Å². The van der Waals surface area contributed by atoms with Gasteiger partial charge in [0.1, 0.15) is 6.17 Å². The molecule has 0 amide bonds. The van der Waals surface area contributed by atoms with E-state index in [-0.39, 0.29) is 6.17 Å². The van der Waals surface area contributed by atoms with Gasteiger partial charge in [-0.2, -0.15) is 0 Å². The molecule has 0 aromatic heterocycles. The first kappa shape index (κ1) is 18.4. The third kappa shape index (κ3) is 2.97. The molecule has 6 rings (SSSR count). The van der Waals surface area contributed by atoms with E-state index in [0.717, 1.165) is 0 Å². The van der Waals surface area contributed by atoms with Crippen LogP contribution < -0.4 is 4.90 Å². The van der Waals surface area contributed by atoms with Gasteiger partial charge < -0.3 is 9.80 Å². The predicted molar refractivity (Wildman–Crippen MR) is 130 cm³/mol. The number of hydrogen-bond donors (Lipinski definition) is 0. The van der Waals surface area contributed by atoms with Crippen LogP contribution in [0.25, 0.3) is 5.70 Å². The number of hydrogen-bond acceptors (Lipinski definition) is 2. The van der Waals surface area contributed by atoms with Crippen LogP contribution in [-0.2, 0) is 0 Å².